The van der Waals surface area contributed by atoms with Crippen molar-refractivity contribution in [3.63, 3.8) is 0 Å². The fourth-order valence-corrected chi connectivity index (χ4v) is 1.88. The van der Waals surface area contributed by atoms with E-state index in [1.54, 1.807) is 0 Å². The van der Waals surface area contributed by atoms with Gasteiger partial charge in [0.25, 0.3) is 11.8 Å². The van der Waals surface area contributed by atoms with Crippen LogP contribution in [0.4, 0.5) is 0 Å². The predicted molar refractivity (Wildman–Crippen MR) is 78.0 cm³/mol. The summed E-state index contributed by atoms with van der Waals surface area (Å²) in [4.78, 5) is 23.9. The molecule has 1 aliphatic heterocycles. The Hall–Kier alpha value is -1.46. The van der Waals surface area contributed by atoms with Crippen molar-refractivity contribution < 1.29 is 14.3 Å². The van der Waals surface area contributed by atoms with Crippen molar-refractivity contribution >= 4 is 11.8 Å². The van der Waals surface area contributed by atoms with Gasteiger partial charge >= 0.3 is 0 Å². The van der Waals surface area contributed by atoms with E-state index in [1.807, 2.05) is 6.92 Å². The number of hydrogen-bond acceptors (Lipinski definition) is 4. The lowest BCUT2D eigenvalue weighted by atomic mass is 10.2. The molecule has 0 aromatic heterocycles. The molecule has 0 aromatic rings. The summed E-state index contributed by atoms with van der Waals surface area (Å²) in [6, 6.07) is 0. The van der Waals surface area contributed by atoms with Crippen molar-refractivity contribution in [2.45, 2.75) is 32.6 Å². The van der Waals surface area contributed by atoms with Crippen LogP contribution >= 0.6 is 0 Å². The zero-order valence-electron chi connectivity index (χ0n) is 12.1. The van der Waals surface area contributed by atoms with E-state index in [0.717, 1.165) is 38.8 Å². The van der Waals surface area contributed by atoms with Crippen molar-refractivity contribution in [1.29, 1.82) is 0 Å². The van der Waals surface area contributed by atoms with Crippen LogP contribution in [0.2, 0.25) is 0 Å². The summed E-state index contributed by atoms with van der Waals surface area (Å²) < 4.78 is 5.15. The zero-order chi connectivity index (χ0) is 14.6. The van der Waals surface area contributed by atoms with Gasteiger partial charge in [-0.2, -0.15) is 0 Å². The third kappa shape index (κ3) is 6.63. The van der Waals surface area contributed by atoms with Crippen LogP contribution < -0.4 is 5.32 Å². The predicted octanol–water partition coefficient (Wildman–Crippen LogP) is 1.61. The molecule has 0 aromatic carbocycles. The zero-order valence-corrected chi connectivity index (χ0v) is 12.1. The van der Waals surface area contributed by atoms with Crippen LogP contribution in [-0.4, -0.2) is 43.1 Å². The van der Waals surface area contributed by atoms with E-state index in [-0.39, 0.29) is 11.8 Å². The average molecular weight is 280 g/mol. The molecule has 0 saturated carbocycles. The van der Waals surface area contributed by atoms with Gasteiger partial charge in [-0.05, 0) is 26.2 Å². The first kappa shape index (κ1) is 16.6. The first-order valence-corrected chi connectivity index (χ1v) is 7.22. The first-order chi connectivity index (χ1) is 9.75. The molecule has 20 heavy (non-hydrogen) atoms. The van der Waals surface area contributed by atoms with E-state index in [0.29, 0.717) is 13.3 Å². The highest BCUT2D eigenvalue weighted by atomic mass is 16.5. The number of amides is 2. The topological polar surface area (TPSA) is 58.6 Å². The molecule has 1 heterocycles. The highest BCUT2D eigenvalue weighted by Crippen LogP contribution is 2.07. The molecule has 0 saturated heterocycles. The number of hydrogen-bond donors (Lipinski definition) is 1. The Morgan fingerprint density at radius 2 is 1.90 bits per heavy atom. The van der Waals surface area contributed by atoms with Crippen molar-refractivity contribution in [3.05, 3.63) is 24.3 Å². The molecule has 2 amide bonds. The summed E-state index contributed by atoms with van der Waals surface area (Å²) in [7, 11) is 0. The summed E-state index contributed by atoms with van der Waals surface area (Å²) in [5.74, 6) is -0.370. The maximum Gasteiger partial charge on any atom is 0.253 e. The smallest absolute Gasteiger partial charge is 0.253 e. The second kappa shape index (κ2) is 10.3. The second-order valence-corrected chi connectivity index (χ2v) is 4.57. The minimum Gasteiger partial charge on any atom is -0.367 e. The van der Waals surface area contributed by atoms with Crippen molar-refractivity contribution in [2.24, 2.45) is 0 Å². The van der Waals surface area contributed by atoms with E-state index in [1.165, 1.54) is 17.1 Å². The number of rotatable bonds is 11. The number of imide groups is 1. The number of ether oxygens (including phenoxy) is 1. The minimum atomic E-state index is -0.185. The quantitative estimate of drug-likeness (QED) is 0.270. The molecule has 0 fully saturated rings. The van der Waals surface area contributed by atoms with Crippen LogP contribution in [0.1, 0.15) is 32.6 Å². The van der Waals surface area contributed by atoms with Gasteiger partial charge in [0.2, 0.25) is 0 Å². The molecule has 0 aliphatic carbocycles. The number of allylic oxidation sites excluding steroid dienone is 1. The number of carbonyl (C=O) groups excluding carboxylic acids is 2. The molecule has 5 heteroatoms. The molecule has 1 rings (SSSR count). The third-order valence-corrected chi connectivity index (χ3v) is 2.99. The van der Waals surface area contributed by atoms with E-state index < -0.39 is 0 Å². The Kier molecular flexibility index (Phi) is 8.58. The fraction of sp³-hybridized carbons (Fsp3) is 0.600. The lowest BCUT2D eigenvalue weighted by molar-refractivity contribution is -0.136. The van der Waals surface area contributed by atoms with E-state index in [9.17, 15) is 9.59 Å². The Balaban J connectivity index is 1.91. The van der Waals surface area contributed by atoms with Gasteiger partial charge < -0.3 is 4.74 Å². The van der Waals surface area contributed by atoms with Gasteiger partial charge in [0.1, 0.15) is 0 Å². The van der Waals surface area contributed by atoms with Crippen LogP contribution in [-0.2, 0) is 14.3 Å². The minimum absolute atomic E-state index is 0.185. The van der Waals surface area contributed by atoms with Gasteiger partial charge in [0, 0.05) is 31.8 Å². The van der Waals surface area contributed by atoms with Crippen molar-refractivity contribution in [2.75, 3.05) is 26.4 Å². The first-order valence-electron chi connectivity index (χ1n) is 7.22. The van der Waals surface area contributed by atoms with Gasteiger partial charge in [0.05, 0.1) is 6.73 Å². The van der Waals surface area contributed by atoms with Crippen LogP contribution in [0.5, 0.6) is 0 Å². The molecule has 1 N–H and O–H groups in total. The SMILES string of the molecule is CCOCNCC=CCCCCCN1C(=O)C=CC1=O. The second-order valence-electron chi connectivity index (χ2n) is 4.57. The normalized spacial score (nSPS) is 14.9. The van der Waals surface area contributed by atoms with Crippen LogP contribution in [0.15, 0.2) is 24.3 Å². The molecular formula is C15H24N2O3. The molecule has 0 unspecified atom stereocenters. The van der Waals surface area contributed by atoms with E-state index in [2.05, 4.69) is 17.5 Å². The van der Waals surface area contributed by atoms with Gasteiger partial charge in [-0.3, -0.25) is 19.8 Å². The third-order valence-electron chi connectivity index (χ3n) is 2.99. The van der Waals surface area contributed by atoms with Crippen LogP contribution in [0, 0.1) is 0 Å². The summed E-state index contributed by atoms with van der Waals surface area (Å²) in [5.41, 5.74) is 0. The van der Waals surface area contributed by atoms with E-state index in [4.69, 9.17) is 4.74 Å². The van der Waals surface area contributed by atoms with Crippen molar-refractivity contribution in [1.82, 2.24) is 10.2 Å². The lowest BCUT2D eigenvalue weighted by Gasteiger charge is -2.12. The van der Waals surface area contributed by atoms with Crippen molar-refractivity contribution in [3.8, 4) is 0 Å². The summed E-state index contributed by atoms with van der Waals surface area (Å²) in [6.45, 7) is 4.64. The van der Waals surface area contributed by atoms with Gasteiger partial charge in [-0.25, -0.2) is 0 Å². The maximum atomic E-state index is 11.3. The number of nitrogens with zero attached hydrogens (tertiary/aromatic N) is 1. The van der Waals surface area contributed by atoms with Crippen LogP contribution in [0.25, 0.3) is 0 Å². The molecular weight excluding hydrogens is 256 g/mol. The number of nitrogens with one attached hydrogen (secondary N) is 1. The summed E-state index contributed by atoms with van der Waals surface area (Å²) in [6.07, 6.45) is 10.9. The number of carbonyl (C=O) groups is 2. The van der Waals surface area contributed by atoms with E-state index >= 15 is 0 Å². The fourth-order valence-electron chi connectivity index (χ4n) is 1.88. The Morgan fingerprint density at radius 1 is 1.15 bits per heavy atom. The molecule has 112 valence electrons. The Morgan fingerprint density at radius 3 is 2.60 bits per heavy atom. The van der Waals surface area contributed by atoms with Gasteiger partial charge in [-0.1, -0.05) is 18.6 Å². The highest BCUT2D eigenvalue weighted by molar-refractivity contribution is 6.12. The average Bonchev–Trinajstić information content (AvgIpc) is 2.76. The highest BCUT2D eigenvalue weighted by Gasteiger charge is 2.21. The molecule has 1 aliphatic rings. The largest absolute Gasteiger partial charge is 0.367 e. The van der Waals surface area contributed by atoms with Gasteiger partial charge in [0.15, 0.2) is 0 Å². The molecule has 0 spiro atoms. The summed E-state index contributed by atoms with van der Waals surface area (Å²) in [5, 5.41) is 3.14. The molecule has 5 nitrogen and oxygen atoms in total. The maximum absolute atomic E-state index is 11.3. The summed E-state index contributed by atoms with van der Waals surface area (Å²) >= 11 is 0. The lowest BCUT2D eigenvalue weighted by Crippen LogP contribution is -2.30. The Bertz CT molecular complexity index is 346. The standard InChI is InChI=1S/C15H24N2O3/c1-2-20-13-16-11-7-5-3-4-6-8-12-17-14(18)9-10-15(17)19/h5,7,9-10,16H,2-4,6,8,11-13H2,1H3. The number of unbranched alkanes of at least 4 members (excludes halogenated alkanes) is 3. The van der Waals surface area contributed by atoms with Gasteiger partial charge in [-0.15, -0.1) is 0 Å². The molecule has 0 radical (unpaired) electrons. The molecule has 0 atom stereocenters. The monoisotopic (exact) mass is 280 g/mol. The van der Waals surface area contributed by atoms with Crippen LogP contribution in [0.3, 0.4) is 0 Å². The Labute approximate surface area is 120 Å². The molecule has 0 bridgehead atoms.